The van der Waals surface area contributed by atoms with Gasteiger partial charge in [-0.2, -0.15) is 0 Å². The van der Waals surface area contributed by atoms with Gasteiger partial charge in [-0.1, -0.05) is 12.1 Å². The first-order chi connectivity index (χ1) is 8.35. The van der Waals surface area contributed by atoms with Crippen molar-refractivity contribution in [2.45, 2.75) is 6.04 Å². The van der Waals surface area contributed by atoms with Crippen molar-refractivity contribution in [2.75, 3.05) is 40.0 Å². The molecule has 1 heterocycles. The maximum Gasteiger partial charge on any atom is 0.119 e. The normalized spacial score (nSPS) is 18.9. The van der Waals surface area contributed by atoms with E-state index < -0.39 is 0 Å². The molecule has 4 heteroatoms. The van der Waals surface area contributed by atoms with Crippen molar-refractivity contribution < 1.29 is 9.13 Å². The average molecular weight is 238 g/mol. The van der Waals surface area contributed by atoms with Crippen LogP contribution < -0.4 is 10.1 Å². The Hall–Kier alpha value is -1.13. The van der Waals surface area contributed by atoms with Crippen LogP contribution in [0.25, 0.3) is 0 Å². The molecule has 0 spiro atoms. The second-order valence-electron chi connectivity index (χ2n) is 4.23. The summed E-state index contributed by atoms with van der Waals surface area (Å²) in [7, 11) is 1.63. The summed E-state index contributed by atoms with van der Waals surface area (Å²) in [4.78, 5) is 2.19. The SMILES string of the molecule is COc1cccc([C@H](CF)N2CCNCC2)c1. The maximum atomic E-state index is 13.3. The Morgan fingerprint density at radius 2 is 2.18 bits per heavy atom. The zero-order chi connectivity index (χ0) is 12.1. The van der Waals surface area contributed by atoms with E-state index in [9.17, 15) is 4.39 Å². The van der Waals surface area contributed by atoms with Crippen molar-refractivity contribution >= 4 is 0 Å². The molecule has 0 amide bonds. The van der Waals surface area contributed by atoms with Gasteiger partial charge in [-0.3, -0.25) is 4.90 Å². The van der Waals surface area contributed by atoms with Crippen molar-refractivity contribution in [3.05, 3.63) is 29.8 Å². The summed E-state index contributed by atoms with van der Waals surface area (Å²) in [5.74, 6) is 0.788. The Morgan fingerprint density at radius 3 is 2.82 bits per heavy atom. The van der Waals surface area contributed by atoms with Gasteiger partial charge in [0.1, 0.15) is 12.4 Å². The molecular formula is C13H19FN2O. The minimum atomic E-state index is -0.354. The van der Waals surface area contributed by atoms with E-state index in [2.05, 4.69) is 10.2 Å². The van der Waals surface area contributed by atoms with Crippen LogP contribution in [-0.4, -0.2) is 44.9 Å². The summed E-state index contributed by atoms with van der Waals surface area (Å²) >= 11 is 0. The Bertz CT molecular complexity index is 353. The molecule has 0 aromatic heterocycles. The Kier molecular flexibility index (Phi) is 4.34. The number of halogens is 1. The van der Waals surface area contributed by atoms with Gasteiger partial charge < -0.3 is 10.1 Å². The summed E-state index contributed by atoms with van der Waals surface area (Å²) in [5, 5.41) is 3.28. The number of nitrogens with zero attached hydrogens (tertiary/aromatic N) is 1. The summed E-state index contributed by atoms with van der Waals surface area (Å²) in [5.41, 5.74) is 0.994. The fraction of sp³-hybridized carbons (Fsp3) is 0.538. The standard InChI is InChI=1S/C13H19FN2O/c1-17-12-4-2-3-11(9-12)13(10-14)16-7-5-15-6-8-16/h2-4,9,13,15H,5-8,10H2,1H3/t13-/m0/s1. The Balaban J connectivity index is 2.15. The molecule has 1 aliphatic rings. The largest absolute Gasteiger partial charge is 0.497 e. The first-order valence-electron chi connectivity index (χ1n) is 6.00. The van der Waals surface area contributed by atoms with Gasteiger partial charge >= 0.3 is 0 Å². The fourth-order valence-electron chi connectivity index (χ4n) is 2.24. The molecule has 0 radical (unpaired) electrons. The molecule has 0 bridgehead atoms. The first-order valence-corrected chi connectivity index (χ1v) is 6.00. The average Bonchev–Trinajstić information content (AvgIpc) is 2.41. The van der Waals surface area contributed by atoms with Crippen LogP contribution >= 0.6 is 0 Å². The van der Waals surface area contributed by atoms with Crippen LogP contribution in [0.15, 0.2) is 24.3 Å². The van der Waals surface area contributed by atoms with Crippen LogP contribution in [0.1, 0.15) is 11.6 Å². The lowest BCUT2D eigenvalue weighted by Crippen LogP contribution is -2.45. The van der Waals surface area contributed by atoms with Gasteiger partial charge in [0.25, 0.3) is 0 Å². The van der Waals surface area contributed by atoms with Gasteiger partial charge in [0, 0.05) is 26.2 Å². The number of piperazine rings is 1. The summed E-state index contributed by atoms with van der Waals surface area (Å²) < 4.78 is 18.4. The highest BCUT2D eigenvalue weighted by Crippen LogP contribution is 2.24. The number of alkyl halides is 1. The summed E-state index contributed by atoms with van der Waals surface area (Å²) in [6.45, 7) is 3.30. The third-order valence-electron chi connectivity index (χ3n) is 3.22. The second-order valence-corrected chi connectivity index (χ2v) is 4.23. The summed E-state index contributed by atoms with van der Waals surface area (Å²) in [6.07, 6.45) is 0. The van der Waals surface area contributed by atoms with Crippen molar-refractivity contribution in [3.8, 4) is 5.75 Å². The number of rotatable bonds is 4. The predicted molar refractivity (Wildman–Crippen MR) is 66.2 cm³/mol. The highest BCUT2D eigenvalue weighted by atomic mass is 19.1. The van der Waals surface area contributed by atoms with E-state index in [0.29, 0.717) is 0 Å². The number of methoxy groups -OCH3 is 1. The molecule has 94 valence electrons. The zero-order valence-corrected chi connectivity index (χ0v) is 10.2. The van der Waals surface area contributed by atoms with E-state index >= 15 is 0 Å². The smallest absolute Gasteiger partial charge is 0.119 e. The quantitative estimate of drug-likeness (QED) is 0.862. The van der Waals surface area contributed by atoms with Crippen molar-refractivity contribution in [1.82, 2.24) is 10.2 Å². The van der Waals surface area contributed by atoms with Gasteiger partial charge in [-0.15, -0.1) is 0 Å². The molecule has 3 nitrogen and oxygen atoms in total. The van der Waals surface area contributed by atoms with Crippen LogP contribution in [0.3, 0.4) is 0 Å². The fourth-order valence-corrected chi connectivity index (χ4v) is 2.24. The molecule has 1 aromatic carbocycles. The third-order valence-corrected chi connectivity index (χ3v) is 3.22. The van der Waals surface area contributed by atoms with Gasteiger partial charge in [0.2, 0.25) is 0 Å². The van der Waals surface area contributed by atoms with Crippen LogP contribution in [0.5, 0.6) is 5.75 Å². The second kappa shape index (κ2) is 5.98. The Morgan fingerprint density at radius 1 is 1.41 bits per heavy atom. The number of benzene rings is 1. The predicted octanol–water partition coefficient (Wildman–Crippen LogP) is 1.61. The molecule has 0 unspecified atom stereocenters. The molecule has 1 N–H and O–H groups in total. The van der Waals surface area contributed by atoms with Crippen LogP contribution in [-0.2, 0) is 0 Å². The van der Waals surface area contributed by atoms with Gasteiger partial charge in [-0.25, -0.2) is 4.39 Å². The molecule has 17 heavy (non-hydrogen) atoms. The van der Waals surface area contributed by atoms with Crippen molar-refractivity contribution in [1.29, 1.82) is 0 Å². The van der Waals surface area contributed by atoms with E-state index in [0.717, 1.165) is 37.5 Å². The van der Waals surface area contributed by atoms with Crippen molar-refractivity contribution in [2.24, 2.45) is 0 Å². The highest BCUT2D eigenvalue weighted by molar-refractivity contribution is 5.30. The first kappa shape index (κ1) is 12.3. The van der Waals surface area contributed by atoms with Crippen LogP contribution in [0.2, 0.25) is 0 Å². The minimum absolute atomic E-state index is 0.146. The highest BCUT2D eigenvalue weighted by Gasteiger charge is 2.22. The molecule has 1 aromatic rings. The topological polar surface area (TPSA) is 24.5 Å². The van der Waals surface area contributed by atoms with E-state index in [1.54, 1.807) is 7.11 Å². The van der Waals surface area contributed by atoms with Gasteiger partial charge in [0.05, 0.1) is 13.2 Å². The minimum Gasteiger partial charge on any atom is -0.497 e. The molecule has 2 rings (SSSR count). The van der Waals surface area contributed by atoms with Crippen molar-refractivity contribution in [3.63, 3.8) is 0 Å². The molecule has 1 saturated heterocycles. The van der Waals surface area contributed by atoms with Gasteiger partial charge in [0.15, 0.2) is 0 Å². The van der Waals surface area contributed by atoms with E-state index in [1.807, 2.05) is 24.3 Å². The molecule has 1 atom stereocenters. The Labute approximate surface area is 102 Å². The third kappa shape index (κ3) is 2.96. The maximum absolute atomic E-state index is 13.3. The summed E-state index contributed by atoms with van der Waals surface area (Å²) in [6, 6.07) is 7.55. The molecular weight excluding hydrogens is 219 g/mol. The lowest BCUT2D eigenvalue weighted by Gasteiger charge is -2.33. The zero-order valence-electron chi connectivity index (χ0n) is 10.2. The lowest BCUT2D eigenvalue weighted by molar-refractivity contribution is 0.147. The van der Waals surface area contributed by atoms with E-state index in [4.69, 9.17) is 4.74 Å². The van der Waals surface area contributed by atoms with E-state index in [1.165, 1.54) is 0 Å². The number of ether oxygens (including phenoxy) is 1. The van der Waals surface area contributed by atoms with Crippen LogP contribution in [0.4, 0.5) is 4.39 Å². The number of hydrogen-bond acceptors (Lipinski definition) is 3. The number of hydrogen-bond donors (Lipinski definition) is 1. The number of nitrogens with one attached hydrogen (secondary N) is 1. The van der Waals surface area contributed by atoms with Crippen LogP contribution in [0, 0.1) is 0 Å². The lowest BCUT2D eigenvalue weighted by atomic mass is 10.1. The molecule has 1 fully saturated rings. The monoisotopic (exact) mass is 238 g/mol. The molecule has 0 saturated carbocycles. The van der Waals surface area contributed by atoms with Gasteiger partial charge in [-0.05, 0) is 17.7 Å². The molecule has 0 aliphatic carbocycles. The van der Waals surface area contributed by atoms with E-state index in [-0.39, 0.29) is 12.7 Å². The molecule has 1 aliphatic heterocycles.